The molecule has 0 amide bonds. The van der Waals surface area contributed by atoms with Crippen molar-refractivity contribution in [1.29, 1.82) is 0 Å². The largest absolute Gasteiger partial charge is 0.352 e. The van der Waals surface area contributed by atoms with Gasteiger partial charge in [0.15, 0.2) is 9.84 Å². The van der Waals surface area contributed by atoms with Gasteiger partial charge in [0.25, 0.3) is 0 Å². The zero-order chi connectivity index (χ0) is 13.2. The predicted molar refractivity (Wildman–Crippen MR) is 72.5 cm³/mol. The van der Waals surface area contributed by atoms with E-state index in [4.69, 9.17) is 0 Å². The molecule has 2 heterocycles. The van der Waals surface area contributed by atoms with E-state index >= 15 is 0 Å². The van der Waals surface area contributed by atoms with Crippen LogP contribution in [0.4, 0.5) is 5.95 Å². The second kappa shape index (κ2) is 5.14. The molecule has 1 aliphatic heterocycles. The second-order valence-electron chi connectivity index (χ2n) is 4.66. The first kappa shape index (κ1) is 13.1. The van der Waals surface area contributed by atoms with Gasteiger partial charge in [-0.25, -0.2) is 13.4 Å². The smallest absolute Gasteiger partial charge is 0.203 e. The van der Waals surface area contributed by atoms with E-state index in [-0.39, 0.29) is 5.25 Å². The molecule has 0 radical (unpaired) electrons. The summed E-state index contributed by atoms with van der Waals surface area (Å²) in [6, 6.07) is 0. The van der Waals surface area contributed by atoms with Crippen molar-refractivity contribution in [2.75, 3.05) is 17.6 Å². The van der Waals surface area contributed by atoms with Gasteiger partial charge >= 0.3 is 0 Å². The van der Waals surface area contributed by atoms with E-state index in [1.807, 2.05) is 17.7 Å². The molecule has 0 aromatic carbocycles. The molecule has 18 heavy (non-hydrogen) atoms. The van der Waals surface area contributed by atoms with Crippen molar-refractivity contribution in [1.82, 2.24) is 9.55 Å². The van der Waals surface area contributed by atoms with Gasteiger partial charge in [0.2, 0.25) is 5.95 Å². The van der Waals surface area contributed by atoms with Crippen LogP contribution in [0.25, 0.3) is 0 Å². The Morgan fingerprint density at radius 2 is 2.44 bits per heavy atom. The summed E-state index contributed by atoms with van der Waals surface area (Å²) in [6.07, 6.45) is 5.16. The zero-order valence-electron chi connectivity index (χ0n) is 10.6. The van der Waals surface area contributed by atoms with Crippen LogP contribution in [-0.4, -0.2) is 35.5 Å². The number of imidazole rings is 1. The lowest BCUT2D eigenvalue weighted by Crippen LogP contribution is -2.23. The number of anilines is 1. The molecule has 1 aliphatic rings. The third-order valence-electron chi connectivity index (χ3n) is 3.16. The van der Waals surface area contributed by atoms with E-state index in [0.29, 0.717) is 18.8 Å². The number of hydrogen-bond donors (Lipinski definition) is 1. The molecular weight excluding hydrogens is 250 g/mol. The third-order valence-corrected chi connectivity index (χ3v) is 5.42. The van der Waals surface area contributed by atoms with Crippen LogP contribution in [0, 0.1) is 6.92 Å². The van der Waals surface area contributed by atoms with Gasteiger partial charge in [-0.3, -0.25) is 0 Å². The Balaban J connectivity index is 2.15. The summed E-state index contributed by atoms with van der Waals surface area (Å²) in [6.45, 7) is 6.65. The molecule has 1 N–H and O–H groups in total. The lowest BCUT2D eigenvalue weighted by atomic mass is 10.2. The highest BCUT2D eigenvalue weighted by Gasteiger charge is 2.31. The molecule has 0 aliphatic carbocycles. The molecule has 1 aromatic heterocycles. The van der Waals surface area contributed by atoms with Gasteiger partial charge < -0.3 is 9.88 Å². The van der Waals surface area contributed by atoms with Gasteiger partial charge in [0.1, 0.15) is 0 Å². The lowest BCUT2D eigenvalue weighted by molar-refractivity contribution is 0.567. The third kappa shape index (κ3) is 2.75. The van der Waals surface area contributed by atoms with Crippen LogP contribution in [0.15, 0.2) is 18.9 Å². The molecule has 5 nitrogen and oxygen atoms in total. The fourth-order valence-corrected chi connectivity index (χ4v) is 4.09. The minimum absolute atomic E-state index is 0.268. The molecule has 1 unspecified atom stereocenters. The number of sulfone groups is 1. The fourth-order valence-electron chi connectivity index (χ4n) is 2.27. The Morgan fingerprint density at radius 3 is 3.06 bits per heavy atom. The normalized spacial score (nSPS) is 21.9. The lowest BCUT2D eigenvalue weighted by Gasteiger charge is -2.13. The molecular formula is C12H19N3O2S. The molecule has 100 valence electrons. The molecule has 1 saturated heterocycles. The summed E-state index contributed by atoms with van der Waals surface area (Å²) < 4.78 is 25.6. The quantitative estimate of drug-likeness (QED) is 0.820. The Labute approximate surface area is 108 Å². The standard InChI is InChI=1S/C12H19N3O2S/c1-3-6-13-12-14-10(2)8-15(12)9-11-5-4-7-18(11,16)17/h3,8,11H,1,4-7,9H2,2H3,(H,13,14). The molecule has 0 spiro atoms. The Morgan fingerprint density at radius 1 is 1.67 bits per heavy atom. The van der Waals surface area contributed by atoms with Crippen molar-refractivity contribution in [2.24, 2.45) is 0 Å². The molecule has 2 rings (SSSR count). The second-order valence-corrected chi connectivity index (χ2v) is 7.06. The van der Waals surface area contributed by atoms with Crippen LogP contribution in [0.1, 0.15) is 18.5 Å². The number of aryl methyl sites for hydroxylation is 1. The van der Waals surface area contributed by atoms with Gasteiger partial charge in [-0.05, 0) is 19.8 Å². The SMILES string of the molecule is C=CCNc1nc(C)cn1CC1CCCS1(=O)=O. The summed E-state index contributed by atoms with van der Waals surface area (Å²) in [7, 11) is -2.91. The fraction of sp³-hybridized carbons (Fsp3) is 0.583. The number of nitrogens with one attached hydrogen (secondary N) is 1. The van der Waals surface area contributed by atoms with E-state index in [1.54, 1.807) is 6.08 Å². The molecule has 1 fully saturated rings. The Bertz CT molecular complexity index is 534. The maximum atomic E-state index is 11.8. The first-order valence-electron chi connectivity index (χ1n) is 6.13. The number of rotatable bonds is 5. The van der Waals surface area contributed by atoms with Crippen molar-refractivity contribution < 1.29 is 8.42 Å². The Hall–Kier alpha value is -1.30. The highest BCUT2D eigenvalue weighted by Crippen LogP contribution is 2.23. The maximum absolute atomic E-state index is 11.8. The predicted octanol–water partition coefficient (Wildman–Crippen LogP) is 1.37. The van der Waals surface area contributed by atoms with Gasteiger partial charge in [-0.1, -0.05) is 6.08 Å². The highest BCUT2D eigenvalue weighted by molar-refractivity contribution is 7.92. The minimum Gasteiger partial charge on any atom is -0.352 e. The number of hydrogen-bond acceptors (Lipinski definition) is 4. The van der Waals surface area contributed by atoms with Crippen molar-refractivity contribution >= 4 is 15.8 Å². The van der Waals surface area contributed by atoms with Crippen LogP contribution in [0.3, 0.4) is 0 Å². The Kier molecular flexibility index (Phi) is 3.75. The van der Waals surface area contributed by atoms with E-state index in [0.717, 1.165) is 24.5 Å². The van der Waals surface area contributed by atoms with Crippen LogP contribution in [0.5, 0.6) is 0 Å². The number of aromatic nitrogens is 2. The van der Waals surface area contributed by atoms with Gasteiger partial charge in [0, 0.05) is 19.3 Å². The van der Waals surface area contributed by atoms with Gasteiger partial charge in [-0.2, -0.15) is 0 Å². The van der Waals surface area contributed by atoms with Gasteiger partial charge in [-0.15, -0.1) is 6.58 Å². The van der Waals surface area contributed by atoms with Crippen LogP contribution < -0.4 is 5.32 Å². The van der Waals surface area contributed by atoms with Crippen LogP contribution in [-0.2, 0) is 16.4 Å². The minimum atomic E-state index is -2.91. The first-order valence-corrected chi connectivity index (χ1v) is 7.84. The van der Waals surface area contributed by atoms with E-state index in [1.165, 1.54) is 0 Å². The van der Waals surface area contributed by atoms with E-state index < -0.39 is 9.84 Å². The summed E-state index contributed by atoms with van der Waals surface area (Å²) in [5.41, 5.74) is 0.886. The van der Waals surface area contributed by atoms with Crippen molar-refractivity contribution in [3.8, 4) is 0 Å². The average molecular weight is 269 g/mol. The summed E-state index contributed by atoms with van der Waals surface area (Å²) in [5, 5.41) is 2.86. The van der Waals surface area contributed by atoms with Gasteiger partial charge in [0.05, 0.1) is 16.7 Å². The number of nitrogens with zero attached hydrogens (tertiary/aromatic N) is 2. The van der Waals surface area contributed by atoms with Crippen molar-refractivity contribution in [2.45, 2.75) is 31.6 Å². The molecule has 0 bridgehead atoms. The van der Waals surface area contributed by atoms with E-state index in [9.17, 15) is 8.42 Å². The van der Waals surface area contributed by atoms with Crippen LogP contribution in [0.2, 0.25) is 0 Å². The van der Waals surface area contributed by atoms with E-state index in [2.05, 4.69) is 16.9 Å². The molecule has 0 saturated carbocycles. The summed E-state index contributed by atoms with van der Waals surface area (Å²) in [4.78, 5) is 4.35. The first-order chi connectivity index (χ1) is 8.53. The molecule has 1 atom stereocenters. The maximum Gasteiger partial charge on any atom is 0.203 e. The van der Waals surface area contributed by atoms with Crippen molar-refractivity contribution in [3.05, 3.63) is 24.5 Å². The highest BCUT2D eigenvalue weighted by atomic mass is 32.2. The molecule has 6 heteroatoms. The molecule has 1 aromatic rings. The van der Waals surface area contributed by atoms with Crippen LogP contribution >= 0.6 is 0 Å². The van der Waals surface area contributed by atoms with Crippen molar-refractivity contribution in [3.63, 3.8) is 0 Å². The summed E-state index contributed by atoms with van der Waals surface area (Å²) in [5.74, 6) is 1.04. The monoisotopic (exact) mass is 269 g/mol. The zero-order valence-corrected chi connectivity index (χ0v) is 11.4. The summed E-state index contributed by atoms with van der Waals surface area (Å²) >= 11 is 0. The average Bonchev–Trinajstić information content (AvgIpc) is 2.80. The topological polar surface area (TPSA) is 64.0 Å².